The zero-order valence-electron chi connectivity index (χ0n) is 9.06. The van der Waals surface area contributed by atoms with Crippen LogP contribution in [0, 0.1) is 0 Å². The number of anilines is 1. The predicted octanol–water partition coefficient (Wildman–Crippen LogP) is 2.01. The third-order valence-electron chi connectivity index (χ3n) is 2.31. The van der Waals surface area contributed by atoms with E-state index in [1.165, 1.54) is 5.56 Å². The van der Waals surface area contributed by atoms with Gasteiger partial charge in [-0.2, -0.15) is 0 Å². The van der Waals surface area contributed by atoms with Gasteiger partial charge < -0.3 is 15.1 Å². The summed E-state index contributed by atoms with van der Waals surface area (Å²) in [6, 6.07) is 8.33. The summed E-state index contributed by atoms with van der Waals surface area (Å²) in [4.78, 5) is 1.98. The molecule has 1 aromatic carbocycles. The molecule has 0 aliphatic rings. The van der Waals surface area contributed by atoms with Crippen molar-refractivity contribution in [1.29, 1.82) is 0 Å². The van der Waals surface area contributed by atoms with Gasteiger partial charge in [0.2, 0.25) is 0 Å². The van der Waals surface area contributed by atoms with Crippen molar-refractivity contribution < 1.29 is 10.2 Å². The van der Waals surface area contributed by atoms with Crippen molar-refractivity contribution in [2.75, 3.05) is 31.2 Å². The van der Waals surface area contributed by atoms with Crippen LogP contribution in [0.5, 0.6) is 0 Å². The van der Waals surface area contributed by atoms with Crippen LogP contribution in [0.25, 0.3) is 0 Å². The van der Waals surface area contributed by atoms with Gasteiger partial charge in [0, 0.05) is 18.8 Å². The van der Waals surface area contributed by atoms with Crippen molar-refractivity contribution in [2.45, 2.75) is 6.16 Å². The van der Waals surface area contributed by atoms with Crippen LogP contribution in [0.15, 0.2) is 24.3 Å². The molecule has 1 rings (SSSR count). The summed E-state index contributed by atoms with van der Waals surface area (Å²) < 4.78 is 0. The summed E-state index contributed by atoms with van der Waals surface area (Å²) in [7, 11) is 0. The monoisotopic (exact) mass is 353 g/mol. The lowest BCUT2D eigenvalue weighted by Gasteiger charge is -2.23. The molecule has 0 saturated heterocycles. The third kappa shape index (κ3) is 4.53. The maximum Gasteiger partial charge on any atom is 0.0606 e. The second-order valence-corrected chi connectivity index (χ2v) is 6.32. The smallest absolute Gasteiger partial charge is 0.0606 e. The first kappa shape index (κ1) is 14.2. The van der Waals surface area contributed by atoms with Gasteiger partial charge in [0.05, 0.1) is 13.2 Å². The van der Waals surface area contributed by atoms with E-state index in [1.54, 1.807) is 0 Å². The van der Waals surface area contributed by atoms with Crippen LogP contribution >= 0.6 is 28.3 Å². The van der Waals surface area contributed by atoms with Gasteiger partial charge in [-0.3, -0.25) is 0 Å². The normalized spacial score (nSPS) is 11.2. The summed E-state index contributed by atoms with van der Waals surface area (Å²) in [5.41, 5.74) is 2.40. The molecule has 2 N–H and O–H groups in total. The molecule has 0 aliphatic carbocycles. The van der Waals surface area contributed by atoms with Crippen molar-refractivity contribution in [3.05, 3.63) is 29.8 Å². The van der Waals surface area contributed by atoms with Crippen molar-refractivity contribution in [3.8, 4) is 0 Å². The van der Waals surface area contributed by atoms with Crippen molar-refractivity contribution in [1.82, 2.24) is 0 Å². The fourth-order valence-corrected chi connectivity index (χ4v) is 3.22. The number of rotatable bonds is 7. The fourth-order valence-electron chi connectivity index (χ4n) is 1.51. The molecular weight excluding hydrogens is 336 g/mol. The van der Waals surface area contributed by atoms with Crippen LogP contribution in [0.3, 0.4) is 0 Å². The average molecular weight is 353 g/mol. The maximum absolute atomic E-state index is 8.94. The summed E-state index contributed by atoms with van der Waals surface area (Å²) in [5.74, 6) is 0. The summed E-state index contributed by atoms with van der Waals surface area (Å²) in [6.45, 7) is 1.34. The molecule has 90 valence electrons. The first-order chi connectivity index (χ1) is 7.81. The molecule has 1 unspecified atom stereocenters. The lowest BCUT2D eigenvalue weighted by Crippen LogP contribution is -2.29. The number of benzene rings is 1. The van der Waals surface area contributed by atoms with Gasteiger partial charge in [0.15, 0.2) is 0 Å². The Hall–Kier alpha value is 0.1000. The lowest BCUT2D eigenvalue weighted by molar-refractivity contribution is 0.281. The van der Waals surface area contributed by atoms with E-state index in [2.05, 4.69) is 46.3 Å². The molecule has 3 nitrogen and oxygen atoms in total. The minimum Gasteiger partial charge on any atom is -0.395 e. The van der Waals surface area contributed by atoms with E-state index in [1.807, 2.05) is 4.90 Å². The quantitative estimate of drug-likeness (QED) is 0.582. The highest BCUT2D eigenvalue weighted by Gasteiger charge is 2.04. The predicted molar refractivity (Wildman–Crippen MR) is 78.9 cm³/mol. The Kier molecular flexibility index (Phi) is 7.28. The van der Waals surface area contributed by atoms with Crippen LogP contribution < -0.4 is 4.90 Å². The molecule has 0 amide bonds. The number of hydrogen-bond donors (Lipinski definition) is 2. The molecule has 0 radical (unpaired) electrons. The largest absolute Gasteiger partial charge is 0.395 e. The van der Waals surface area contributed by atoms with Gasteiger partial charge in [-0.25, -0.2) is 0 Å². The van der Waals surface area contributed by atoms with Crippen LogP contribution in [0.1, 0.15) is 5.56 Å². The first-order valence-electron chi connectivity index (χ1n) is 5.21. The molecular formula is C11H17INO2P. The Balaban J connectivity index is 2.68. The Labute approximate surface area is 111 Å². The number of aliphatic hydroxyl groups is 2. The number of hydrogen-bond acceptors (Lipinski definition) is 3. The summed E-state index contributed by atoms with van der Waals surface area (Å²) in [5, 5.41) is 17.9. The van der Waals surface area contributed by atoms with Gasteiger partial charge in [-0.15, -0.1) is 0 Å². The standard InChI is InChI=1S/C11H17INO2P/c12-16-9-10-1-3-11(4-2-10)13(5-7-14)6-8-15/h1-4,14-16H,5-9H2. The molecule has 0 fully saturated rings. The Morgan fingerprint density at radius 1 is 1.06 bits per heavy atom. The van der Waals surface area contributed by atoms with E-state index in [-0.39, 0.29) is 13.2 Å². The molecule has 0 aromatic heterocycles. The molecule has 5 heteroatoms. The van der Waals surface area contributed by atoms with Gasteiger partial charge in [0.25, 0.3) is 0 Å². The lowest BCUT2D eigenvalue weighted by atomic mass is 10.2. The van der Waals surface area contributed by atoms with E-state index in [0.29, 0.717) is 13.1 Å². The summed E-state index contributed by atoms with van der Waals surface area (Å²) >= 11 is 2.39. The molecule has 0 saturated carbocycles. The first-order valence-corrected chi connectivity index (χ1v) is 9.53. The highest BCUT2D eigenvalue weighted by Crippen LogP contribution is 2.27. The van der Waals surface area contributed by atoms with Crippen LogP contribution in [0.4, 0.5) is 5.69 Å². The van der Waals surface area contributed by atoms with Crippen LogP contribution in [0.2, 0.25) is 0 Å². The highest BCUT2D eigenvalue weighted by atomic mass is 127. The number of halogens is 1. The van der Waals surface area contributed by atoms with Gasteiger partial charge in [0.1, 0.15) is 0 Å². The molecule has 16 heavy (non-hydrogen) atoms. The number of nitrogens with zero attached hydrogens (tertiary/aromatic N) is 1. The summed E-state index contributed by atoms with van der Waals surface area (Å²) in [6.07, 6.45) is 2.02. The Morgan fingerprint density at radius 2 is 1.62 bits per heavy atom. The molecule has 0 aliphatic heterocycles. The highest BCUT2D eigenvalue weighted by molar-refractivity contribution is 14.2. The van der Waals surface area contributed by atoms with Crippen LogP contribution in [-0.2, 0) is 6.16 Å². The van der Waals surface area contributed by atoms with Gasteiger partial charge in [-0.05, 0) is 23.9 Å². The van der Waals surface area contributed by atoms with Crippen molar-refractivity contribution in [3.63, 3.8) is 0 Å². The van der Waals surface area contributed by atoms with E-state index in [0.717, 1.165) is 18.1 Å². The zero-order chi connectivity index (χ0) is 11.8. The van der Waals surface area contributed by atoms with E-state index in [9.17, 15) is 0 Å². The molecule has 1 aromatic rings. The minimum absolute atomic E-state index is 0.108. The van der Waals surface area contributed by atoms with Crippen molar-refractivity contribution >= 4 is 34.0 Å². The Bertz CT molecular complexity index is 289. The molecule has 0 heterocycles. The van der Waals surface area contributed by atoms with Gasteiger partial charge >= 0.3 is 0 Å². The molecule has 1 atom stereocenters. The zero-order valence-corrected chi connectivity index (χ0v) is 12.2. The second-order valence-electron chi connectivity index (χ2n) is 3.41. The maximum atomic E-state index is 8.94. The van der Waals surface area contributed by atoms with E-state index in [4.69, 9.17) is 10.2 Å². The third-order valence-corrected chi connectivity index (χ3v) is 4.00. The van der Waals surface area contributed by atoms with Crippen molar-refractivity contribution in [2.24, 2.45) is 0 Å². The second kappa shape index (κ2) is 8.23. The number of aliphatic hydroxyl groups excluding tert-OH is 2. The fraction of sp³-hybridized carbons (Fsp3) is 0.455. The molecule has 0 bridgehead atoms. The molecule has 0 spiro atoms. The SMILES string of the molecule is OCCN(CCO)c1ccc(CPI)cc1. The van der Waals surface area contributed by atoms with E-state index < -0.39 is 0 Å². The van der Waals surface area contributed by atoms with Crippen LogP contribution in [-0.4, -0.2) is 36.5 Å². The topological polar surface area (TPSA) is 43.7 Å². The van der Waals surface area contributed by atoms with Gasteiger partial charge in [-0.1, -0.05) is 40.4 Å². The Morgan fingerprint density at radius 3 is 2.06 bits per heavy atom. The average Bonchev–Trinajstić information content (AvgIpc) is 2.30. The minimum atomic E-state index is 0.108. The van der Waals surface area contributed by atoms with E-state index >= 15 is 0 Å².